The molecule has 1 aromatic heterocycles. The third-order valence-corrected chi connectivity index (χ3v) is 6.94. The number of fused-ring (bicyclic) bond motifs is 1. The minimum Gasteiger partial charge on any atom is -0.446 e. The fourth-order valence-electron chi connectivity index (χ4n) is 4.79. The van der Waals surface area contributed by atoms with Crippen molar-refractivity contribution in [3.8, 4) is 11.1 Å². The van der Waals surface area contributed by atoms with E-state index in [0.717, 1.165) is 41.8 Å². The second kappa shape index (κ2) is 9.05. The molecule has 9 heteroatoms. The number of ether oxygens (including phenoxy) is 2. The van der Waals surface area contributed by atoms with Gasteiger partial charge in [-0.25, -0.2) is 4.79 Å². The largest absolute Gasteiger partial charge is 0.446 e. The van der Waals surface area contributed by atoms with Crippen LogP contribution in [0.4, 0.5) is 16.2 Å². The number of likely N-dealkylation sites (N-methyl/N-ethyl adjacent to an activating group) is 1. The molecule has 0 bridgehead atoms. The van der Waals surface area contributed by atoms with Gasteiger partial charge >= 0.3 is 6.09 Å². The fraction of sp³-hybridized carbons (Fsp3) is 0.542. The van der Waals surface area contributed by atoms with Gasteiger partial charge in [-0.05, 0) is 31.0 Å². The first-order valence-electron chi connectivity index (χ1n) is 11.7. The van der Waals surface area contributed by atoms with E-state index in [2.05, 4.69) is 41.4 Å². The molecule has 3 aliphatic heterocycles. The van der Waals surface area contributed by atoms with Crippen LogP contribution in [0.5, 0.6) is 0 Å². The Morgan fingerprint density at radius 3 is 2.79 bits per heavy atom. The lowest BCUT2D eigenvalue weighted by Crippen LogP contribution is -2.49. The van der Waals surface area contributed by atoms with E-state index in [0.29, 0.717) is 32.7 Å². The summed E-state index contributed by atoms with van der Waals surface area (Å²) in [6.45, 7) is 4.60. The number of hydrogen-bond acceptors (Lipinski definition) is 6. The number of piperidine rings is 1. The van der Waals surface area contributed by atoms with Crippen LogP contribution >= 0.6 is 0 Å². The predicted octanol–water partition coefficient (Wildman–Crippen LogP) is 2.96. The average molecular weight is 454 g/mol. The van der Waals surface area contributed by atoms with Crippen molar-refractivity contribution >= 4 is 23.4 Å². The molecule has 2 amide bonds. The van der Waals surface area contributed by atoms with Crippen molar-refractivity contribution in [2.75, 3.05) is 43.2 Å². The van der Waals surface area contributed by atoms with Gasteiger partial charge in [0.15, 0.2) is 0 Å². The van der Waals surface area contributed by atoms with Gasteiger partial charge in [-0.15, -0.1) is 0 Å². The number of anilines is 2. The monoisotopic (exact) mass is 453 g/mol. The SMILES string of the molecule is CC1CN(C(=O)OC2CCOCC2)c2cc(-c3cnn(C4CCNC(=O)C4)c3)ccc2N1C. The number of rotatable bonds is 3. The van der Waals surface area contributed by atoms with E-state index in [9.17, 15) is 9.59 Å². The maximum atomic E-state index is 13.2. The molecule has 2 aromatic rings. The van der Waals surface area contributed by atoms with Gasteiger partial charge in [-0.1, -0.05) is 6.07 Å². The zero-order chi connectivity index (χ0) is 22.9. The molecule has 0 aliphatic carbocycles. The number of aromatic nitrogens is 2. The Labute approximate surface area is 193 Å². The van der Waals surface area contributed by atoms with E-state index in [1.807, 2.05) is 23.1 Å². The van der Waals surface area contributed by atoms with Gasteiger partial charge in [0.25, 0.3) is 0 Å². The Hall–Kier alpha value is -3.07. The average Bonchev–Trinajstić information content (AvgIpc) is 3.32. The van der Waals surface area contributed by atoms with Crippen LogP contribution in [-0.2, 0) is 14.3 Å². The van der Waals surface area contributed by atoms with Crippen LogP contribution in [0.1, 0.15) is 38.6 Å². The van der Waals surface area contributed by atoms with Crippen LogP contribution in [0, 0.1) is 0 Å². The Balaban J connectivity index is 1.41. The van der Waals surface area contributed by atoms with E-state index >= 15 is 0 Å². The Morgan fingerprint density at radius 2 is 2.00 bits per heavy atom. The van der Waals surface area contributed by atoms with Crippen LogP contribution in [0.2, 0.25) is 0 Å². The zero-order valence-corrected chi connectivity index (χ0v) is 19.2. The Kier molecular flexibility index (Phi) is 5.97. The van der Waals surface area contributed by atoms with Crippen LogP contribution in [0.15, 0.2) is 30.6 Å². The normalized spacial score (nSPS) is 23.8. The summed E-state index contributed by atoms with van der Waals surface area (Å²) in [4.78, 5) is 28.9. The summed E-state index contributed by atoms with van der Waals surface area (Å²) in [5.74, 6) is 0.0629. The number of amides is 2. The quantitative estimate of drug-likeness (QED) is 0.769. The van der Waals surface area contributed by atoms with Crippen molar-refractivity contribution < 1.29 is 19.1 Å². The standard InChI is InChI=1S/C24H31N5O4/c1-16-14-28(24(31)33-20-6-9-32-10-7-20)22-11-17(3-4-21(22)27(16)2)18-13-26-29(15-18)19-5-8-25-23(30)12-19/h3-4,11,13,15-16,19-20H,5-10,12,14H2,1-2H3,(H,25,30). The second-order valence-corrected chi connectivity index (χ2v) is 9.18. The van der Waals surface area contributed by atoms with E-state index in [1.54, 1.807) is 4.90 Å². The number of hydrogen-bond donors (Lipinski definition) is 1. The van der Waals surface area contributed by atoms with E-state index in [-0.39, 0.29) is 30.2 Å². The molecule has 3 aliphatic rings. The molecule has 2 atom stereocenters. The predicted molar refractivity (Wildman–Crippen MR) is 124 cm³/mol. The van der Waals surface area contributed by atoms with E-state index in [1.165, 1.54) is 0 Å². The highest BCUT2D eigenvalue weighted by atomic mass is 16.6. The van der Waals surface area contributed by atoms with Gasteiger partial charge in [0.2, 0.25) is 5.91 Å². The van der Waals surface area contributed by atoms with Crippen molar-refractivity contribution in [2.45, 2.75) is 50.8 Å². The number of nitrogens with zero attached hydrogens (tertiary/aromatic N) is 4. The summed E-state index contributed by atoms with van der Waals surface area (Å²) in [5, 5.41) is 7.40. The van der Waals surface area contributed by atoms with Crippen molar-refractivity contribution in [1.29, 1.82) is 0 Å². The van der Waals surface area contributed by atoms with Gasteiger partial charge in [0.05, 0.1) is 36.8 Å². The fourth-order valence-corrected chi connectivity index (χ4v) is 4.79. The summed E-state index contributed by atoms with van der Waals surface area (Å²) in [5.41, 5.74) is 3.78. The molecule has 1 N–H and O–H groups in total. The molecular formula is C24H31N5O4. The first-order chi connectivity index (χ1) is 16.0. The molecule has 9 nitrogen and oxygen atoms in total. The molecule has 1 aromatic carbocycles. The van der Waals surface area contributed by atoms with Crippen LogP contribution < -0.4 is 15.1 Å². The first kappa shape index (κ1) is 21.8. The first-order valence-corrected chi connectivity index (χ1v) is 11.7. The molecule has 0 saturated carbocycles. The van der Waals surface area contributed by atoms with Gasteiger partial charge in [0.1, 0.15) is 6.10 Å². The van der Waals surface area contributed by atoms with Crippen molar-refractivity contribution in [2.24, 2.45) is 0 Å². The maximum absolute atomic E-state index is 13.2. The lowest BCUT2D eigenvalue weighted by molar-refractivity contribution is -0.123. The van der Waals surface area contributed by atoms with Crippen molar-refractivity contribution in [3.63, 3.8) is 0 Å². The smallest absolute Gasteiger partial charge is 0.414 e. The molecule has 2 saturated heterocycles. The van der Waals surface area contributed by atoms with Crippen molar-refractivity contribution in [1.82, 2.24) is 15.1 Å². The summed E-state index contributed by atoms with van der Waals surface area (Å²) >= 11 is 0. The van der Waals surface area contributed by atoms with Gasteiger partial charge in [-0.2, -0.15) is 5.10 Å². The molecule has 176 valence electrons. The number of nitrogens with one attached hydrogen (secondary N) is 1. The van der Waals surface area contributed by atoms with Gasteiger partial charge in [-0.3, -0.25) is 14.4 Å². The Morgan fingerprint density at radius 1 is 1.18 bits per heavy atom. The minimum absolute atomic E-state index is 0.0629. The summed E-state index contributed by atoms with van der Waals surface area (Å²) < 4.78 is 13.1. The van der Waals surface area contributed by atoms with Crippen LogP contribution in [-0.4, -0.2) is 67.3 Å². The number of carbonyl (C=O) groups excluding carboxylic acids is 2. The van der Waals surface area contributed by atoms with Crippen LogP contribution in [0.3, 0.4) is 0 Å². The molecular weight excluding hydrogens is 422 g/mol. The molecule has 33 heavy (non-hydrogen) atoms. The lowest BCUT2D eigenvalue weighted by Gasteiger charge is -2.40. The van der Waals surface area contributed by atoms with Crippen LogP contribution in [0.25, 0.3) is 11.1 Å². The minimum atomic E-state index is -0.302. The molecule has 5 rings (SSSR count). The van der Waals surface area contributed by atoms with Gasteiger partial charge < -0.3 is 19.7 Å². The second-order valence-electron chi connectivity index (χ2n) is 9.18. The molecule has 2 fully saturated rings. The zero-order valence-electron chi connectivity index (χ0n) is 19.2. The third-order valence-electron chi connectivity index (χ3n) is 6.94. The Bertz CT molecular complexity index is 1030. The molecule has 0 radical (unpaired) electrons. The highest BCUT2D eigenvalue weighted by molar-refractivity contribution is 5.95. The maximum Gasteiger partial charge on any atom is 0.414 e. The third kappa shape index (κ3) is 4.42. The lowest BCUT2D eigenvalue weighted by atomic mass is 10.0. The molecule has 2 unspecified atom stereocenters. The van der Waals surface area contributed by atoms with Gasteiger partial charge in [0, 0.05) is 57.2 Å². The summed E-state index contributed by atoms with van der Waals surface area (Å²) in [7, 11) is 2.05. The molecule has 0 spiro atoms. The molecule has 4 heterocycles. The summed E-state index contributed by atoms with van der Waals surface area (Å²) in [6, 6.07) is 6.40. The highest BCUT2D eigenvalue weighted by Gasteiger charge is 2.32. The number of benzene rings is 1. The topological polar surface area (TPSA) is 88.9 Å². The van der Waals surface area contributed by atoms with Crippen molar-refractivity contribution in [3.05, 3.63) is 30.6 Å². The number of carbonyl (C=O) groups is 2. The van der Waals surface area contributed by atoms with E-state index in [4.69, 9.17) is 9.47 Å². The highest BCUT2D eigenvalue weighted by Crippen LogP contribution is 2.38. The summed E-state index contributed by atoms with van der Waals surface area (Å²) in [6.07, 6.45) is 6.20. The van der Waals surface area contributed by atoms with E-state index < -0.39 is 0 Å².